The summed E-state index contributed by atoms with van der Waals surface area (Å²) in [6.07, 6.45) is -4.93. The van der Waals surface area contributed by atoms with Crippen molar-refractivity contribution in [2.45, 2.75) is 13.1 Å². The molecule has 152 valence electrons. The fraction of sp³-hybridized carbons (Fsp3) is 0.312. The molecule has 0 N–H and O–H groups in total. The lowest BCUT2D eigenvalue weighted by atomic mass is 10.2. The summed E-state index contributed by atoms with van der Waals surface area (Å²) in [5.74, 6) is -1.21. The van der Waals surface area contributed by atoms with Crippen molar-refractivity contribution >= 4 is 17.3 Å². The minimum Gasteiger partial charge on any atom is -0.486 e. The van der Waals surface area contributed by atoms with E-state index in [-0.39, 0.29) is 32.6 Å². The quantitative estimate of drug-likeness (QED) is 0.421. The van der Waals surface area contributed by atoms with Crippen molar-refractivity contribution in [3.63, 3.8) is 0 Å². The first-order chi connectivity index (χ1) is 13.0. The number of alkyl halides is 3. The molecule has 0 aliphatic carbocycles. The van der Waals surface area contributed by atoms with Crippen molar-refractivity contribution in [1.29, 1.82) is 0 Å². The molecule has 0 aliphatic heterocycles. The molecule has 2 rings (SSSR count). The van der Waals surface area contributed by atoms with Crippen LogP contribution in [0.5, 0.6) is 5.75 Å². The number of halogens is 5. The third-order valence-electron chi connectivity index (χ3n) is 3.54. The van der Waals surface area contributed by atoms with E-state index in [4.69, 9.17) is 16.3 Å². The second kappa shape index (κ2) is 8.05. The van der Waals surface area contributed by atoms with Gasteiger partial charge in [0, 0.05) is 19.2 Å². The summed E-state index contributed by atoms with van der Waals surface area (Å²) in [7, 11) is 2.14. The number of rotatable bonds is 5. The number of ether oxygens (including phenoxy) is 1. The van der Waals surface area contributed by atoms with E-state index in [0.717, 1.165) is 19.2 Å². The Kier molecular flexibility index (Phi) is 6.17. The van der Waals surface area contributed by atoms with Gasteiger partial charge in [0.25, 0.3) is 5.56 Å². The summed E-state index contributed by atoms with van der Waals surface area (Å²) in [6.45, 7) is 1.45. The predicted molar refractivity (Wildman–Crippen MR) is 92.9 cm³/mol. The smallest absolute Gasteiger partial charge is 0.431 e. The van der Waals surface area contributed by atoms with Gasteiger partial charge < -0.3 is 9.57 Å². The highest BCUT2D eigenvalue weighted by molar-refractivity contribution is 6.32. The molecule has 1 aromatic carbocycles. The normalized spacial score (nSPS) is 12.2. The highest BCUT2D eigenvalue weighted by Gasteiger charge is 2.35. The zero-order chi connectivity index (χ0) is 21.2. The number of hydrogen-bond donors (Lipinski definition) is 0. The van der Waals surface area contributed by atoms with Crippen LogP contribution in [0.3, 0.4) is 0 Å². The number of benzene rings is 1. The Morgan fingerprint density at radius 2 is 1.89 bits per heavy atom. The second-order valence-electron chi connectivity index (χ2n) is 5.57. The highest BCUT2D eigenvalue weighted by Crippen LogP contribution is 2.30. The van der Waals surface area contributed by atoms with Gasteiger partial charge in [0.05, 0.1) is 16.4 Å². The second-order valence-corrected chi connectivity index (χ2v) is 5.98. The van der Waals surface area contributed by atoms with Gasteiger partial charge in [-0.3, -0.25) is 9.36 Å². The van der Waals surface area contributed by atoms with E-state index in [0.29, 0.717) is 5.71 Å². The molecule has 0 bridgehead atoms. The third kappa shape index (κ3) is 4.35. The van der Waals surface area contributed by atoms with Gasteiger partial charge in [-0.2, -0.15) is 13.2 Å². The predicted octanol–water partition coefficient (Wildman–Crippen LogP) is 2.75. The van der Waals surface area contributed by atoms with Crippen LogP contribution in [-0.4, -0.2) is 28.6 Å². The molecular formula is C16H14ClF4N3O4. The van der Waals surface area contributed by atoms with Crippen molar-refractivity contribution in [2.24, 2.45) is 12.2 Å². The Hall–Kier alpha value is -2.82. The maximum atomic E-state index is 14.3. The van der Waals surface area contributed by atoms with Gasteiger partial charge in [-0.1, -0.05) is 16.8 Å². The average Bonchev–Trinajstić information content (AvgIpc) is 2.58. The molecule has 7 nitrogen and oxygen atoms in total. The molecule has 0 saturated heterocycles. The van der Waals surface area contributed by atoms with Crippen LogP contribution in [-0.2, 0) is 18.1 Å². The van der Waals surface area contributed by atoms with E-state index in [9.17, 15) is 27.2 Å². The molecule has 0 fully saturated rings. The van der Waals surface area contributed by atoms with Gasteiger partial charge in [-0.05, 0) is 13.0 Å². The molecular weight excluding hydrogens is 410 g/mol. The van der Waals surface area contributed by atoms with Crippen LogP contribution in [0.25, 0.3) is 5.69 Å². The maximum absolute atomic E-state index is 14.3. The van der Waals surface area contributed by atoms with Gasteiger partial charge in [-0.15, -0.1) is 0 Å². The zero-order valence-electron chi connectivity index (χ0n) is 14.8. The van der Waals surface area contributed by atoms with E-state index in [1.54, 1.807) is 6.92 Å². The lowest BCUT2D eigenvalue weighted by Crippen LogP contribution is -2.41. The summed E-state index contributed by atoms with van der Waals surface area (Å²) in [6, 6.07) is 1.91. The minimum absolute atomic E-state index is 0.113. The monoisotopic (exact) mass is 423 g/mol. The van der Waals surface area contributed by atoms with E-state index < -0.39 is 34.6 Å². The Balaban J connectivity index is 2.62. The summed E-state index contributed by atoms with van der Waals surface area (Å²) in [4.78, 5) is 29.0. The summed E-state index contributed by atoms with van der Waals surface area (Å²) in [5, 5.41) is 3.42. The highest BCUT2D eigenvalue weighted by atomic mass is 35.5. The first-order valence-electron chi connectivity index (χ1n) is 7.56. The Labute approximate surface area is 160 Å². The van der Waals surface area contributed by atoms with E-state index in [1.165, 1.54) is 7.11 Å². The van der Waals surface area contributed by atoms with Gasteiger partial charge in [0.15, 0.2) is 0 Å². The molecule has 28 heavy (non-hydrogen) atoms. The third-order valence-corrected chi connectivity index (χ3v) is 3.83. The Bertz CT molecular complexity index is 1040. The average molecular weight is 424 g/mol. The van der Waals surface area contributed by atoms with Crippen LogP contribution in [0, 0.1) is 5.82 Å². The van der Waals surface area contributed by atoms with Gasteiger partial charge in [-0.25, -0.2) is 13.8 Å². The molecule has 0 spiro atoms. The van der Waals surface area contributed by atoms with Crippen LogP contribution in [0.1, 0.15) is 12.6 Å². The van der Waals surface area contributed by atoms with Gasteiger partial charge in [0.1, 0.15) is 31.0 Å². The SMILES string of the molecule is CO/N=C(/C)COc1cc(-n2c(=O)cc(C(F)(F)F)n(C)c2=O)c(F)cc1Cl. The number of nitrogens with zero attached hydrogens (tertiary/aromatic N) is 3. The van der Waals surface area contributed by atoms with Crippen molar-refractivity contribution in [3.8, 4) is 11.4 Å². The molecule has 0 radical (unpaired) electrons. The van der Waals surface area contributed by atoms with E-state index in [2.05, 4.69) is 9.99 Å². The minimum atomic E-state index is -4.93. The Morgan fingerprint density at radius 3 is 2.46 bits per heavy atom. The molecule has 0 saturated carbocycles. The first-order valence-corrected chi connectivity index (χ1v) is 7.94. The van der Waals surface area contributed by atoms with E-state index in [1.807, 2.05) is 0 Å². The Morgan fingerprint density at radius 1 is 1.25 bits per heavy atom. The van der Waals surface area contributed by atoms with E-state index >= 15 is 0 Å². The molecule has 0 aliphatic rings. The fourth-order valence-electron chi connectivity index (χ4n) is 2.28. The molecule has 2 aromatic rings. The molecule has 12 heteroatoms. The van der Waals surface area contributed by atoms with Crippen molar-refractivity contribution < 1.29 is 27.1 Å². The van der Waals surface area contributed by atoms with Crippen LogP contribution in [0.15, 0.2) is 32.9 Å². The van der Waals surface area contributed by atoms with Crippen molar-refractivity contribution in [2.75, 3.05) is 13.7 Å². The summed E-state index contributed by atoms with van der Waals surface area (Å²) >= 11 is 5.89. The largest absolute Gasteiger partial charge is 0.486 e. The van der Waals surface area contributed by atoms with Crippen molar-refractivity contribution in [1.82, 2.24) is 9.13 Å². The van der Waals surface area contributed by atoms with Crippen LogP contribution in [0.4, 0.5) is 17.6 Å². The van der Waals surface area contributed by atoms with Crippen LogP contribution >= 0.6 is 11.6 Å². The van der Waals surface area contributed by atoms with Gasteiger partial charge in [0.2, 0.25) is 0 Å². The molecule has 0 atom stereocenters. The number of aromatic nitrogens is 2. The number of hydrogen-bond acceptors (Lipinski definition) is 5. The molecule has 0 unspecified atom stereocenters. The van der Waals surface area contributed by atoms with Crippen LogP contribution in [0.2, 0.25) is 5.02 Å². The molecule has 1 heterocycles. The first kappa shape index (κ1) is 21.5. The summed E-state index contributed by atoms with van der Waals surface area (Å²) < 4.78 is 59.0. The lowest BCUT2D eigenvalue weighted by Gasteiger charge is -2.15. The topological polar surface area (TPSA) is 74.8 Å². The lowest BCUT2D eigenvalue weighted by molar-refractivity contribution is -0.144. The summed E-state index contributed by atoms with van der Waals surface area (Å²) in [5.41, 5.74) is -4.42. The fourth-order valence-corrected chi connectivity index (χ4v) is 2.49. The zero-order valence-corrected chi connectivity index (χ0v) is 15.6. The molecule has 1 aromatic heterocycles. The van der Waals surface area contributed by atoms with Crippen molar-refractivity contribution in [3.05, 3.63) is 55.6 Å². The number of oxime groups is 1. The standard InChI is InChI=1S/C16H14ClF4N3O4/c1-8(22-27-3)7-28-12-5-11(10(18)4-9(12)17)24-14(25)6-13(16(19,20)21)23(2)15(24)26/h4-6H,7H2,1-3H3/b22-8-. The maximum Gasteiger partial charge on any atom is 0.431 e. The van der Waals surface area contributed by atoms with Gasteiger partial charge >= 0.3 is 11.9 Å². The van der Waals surface area contributed by atoms with Crippen LogP contribution < -0.4 is 16.0 Å². The molecule has 0 amide bonds.